The monoisotopic (exact) mass is 343 g/mol. The van der Waals surface area contributed by atoms with E-state index >= 15 is 0 Å². The predicted molar refractivity (Wildman–Crippen MR) is 94.1 cm³/mol. The van der Waals surface area contributed by atoms with Crippen LogP contribution in [0.5, 0.6) is 0 Å². The molecule has 1 aromatic carbocycles. The molecule has 0 saturated heterocycles. The number of hydrogen-bond acceptors (Lipinski definition) is 3. The normalized spacial score (nSPS) is 13.1. The third-order valence-corrected chi connectivity index (χ3v) is 5.71. The molecule has 22 heavy (non-hydrogen) atoms. The summed E-state index contributed by atoms with van der Waals surface area (Å²) in [5.41, 5.74) is 0.770. The molecule has 0 aliphatic heterocycles. The summed E-state index contributed by atoms with van der Waals surface area (Å²) in [6.45, 7) is 6.84. The Morgan fingerprint density at radius 1 is 1.23 bits per heavy atom. The van der Waals surface area contributed by atoms with Gasteiger partial charge in [0.1, 0.15) is 7.38 Å². The summed E-state index contributed by atoms with van der Waals surface area (Å²) >= 11 is 6.28. The minimum Gasteiger partial charge on any atom is -0.374 e. The molecule has 0 amide bonds. The highest BCUT2D eigenvalue weighted by Crippen LogP contribution is 2.27. The smallest absolute Gasteiger partial charge is 0.275 e. The Labute approximate surface area is 138 Å². The van der Waals surface area contributed by atoms with Crippen LogP contribution in [-0.2, 0) is 4.74 Å². The van der Waals surface area contributed by atoms with Crippen molar-refractivity contribution in [2.24, 2.45) is 0 Å². The third-order valence-electron chi connectivity index (χ3n) is 3.60. The lowest BCUT2D eigenvalue weighted by molar-refractivity contribution is -0.386. The summed E-state index contributed by atoms with van der Waals surface area (Å²) in [7, 11) is -1.43. The molecular formula is C16H26ClNO3Si. The zero-order valence-electron chi connectivity index (χ0n) is 13.7. The van der Waals surface area contributed by atoms with E-state index in [0.29, 0.717) is 12.2 Å². The van der Waals surface area contributed by atoms with E-state index in [-0.39, 0.29) is 16.7 Å². The van der Waals surface area contributed by atoms with Gasteiger partial charge in [-0.3, -0.25) is 10.1 Å². The van der Waals surface area contributed by atoms with Gasteiger partial charge in [0.05, 0.1) is 16.6 Å². The Kier molecular flexibility index (Phi) is 8.07. The highest BCUT2D eigenvalue weighted by Gasteiger charge is 2.18. The molecule has 0 heterocycles. The molecule has 1 atom stereocenters. The lowest BCUT2D eigenvalue weighted by Crippen LogP contribution is -2.14. The number of halogens is 1. The fraction of sp³-hybridized carbons (Fsp3) is 0.625. The minimum absolute atomic E-state index is 0.129. The Bertz CT molecular complexity index is 477. The Hall–Kier alpha value is -0.913. The molecule has 4 nitrogen and oxygen atoms in total. The van der Waals surface area contributed by atoms with E-state index < -0.39 is 7.38 Å². The van der Waals surface area contributed by atoms with Crippen molar-refractivity contribution in [3.05, 3.63) is 39.9 Å². The molecule has 0 aliphatic carbocycles. The summed E-state index contributed by atoms with van der Waals surface area (Å²) in [6.07, 6.45) is 4.20. The molecule has 0 saturated carbocycles. The van der Waals surface area contributed by atoms with Gasteiger partial charge in [0.25, 0.3) is 5.69 Å². The second-order valence-corrected chi connectivity index (χ2v) is 13.2. The Morgan fingerprint density at radius 2 is 1.86 bits per heavy atom. The highest BCUT2D eigenvalue weighted by molar-refractivity contribution is 7.19. The van der Waals surface area contributed by atoms with Crippen LogP contribution in [0.3, 0.4) is 0 Å². The largest absolute Gasteiger partial charge is 0.374 e. The molecule has 0 fully saturated rings. The van der Waals surface area contributed by atoms with E-state index in [1.54, 1.807) is 18.2 Å². The Morgan fingerprint density at radius 3 is 2.50 bits per heavy atom. The average molecular weight is 344 g/mol. The van der Waals surface area contributed by atoms with Crippen LogP contribution >= 0.6 is 11.1 Å². The Balaban J connectivity index is 2.27. The number of ether oxygens (including phenoxy) is 1. The van der Waals surface area contributed by atoms with E-state index in [1.807, 2.05) is 6.92 Å². The van der Waals surface area contributed by atoms with Crippen molar-refractivity contribution >= 4 is 24.2 Å². The van der Waals surface area contributed by atoms with Crippen molar-refractivity contribution in [3.8, 4) is 0 Å². The first kappa shape index (κ1) is 19.1. The number of para-hydroxylation sites is 1. The van der Waals surface area contributed by atoms with Crippen LogP contribution in [0.4, 0.5) is 5.69 Å². The average Bonchev–Trinajstić information content (AvgIpc) is 2.44. The molecule has 1 rings (SSSR count). The van der Waals surface area contributed by atoms with Gasteiger partial charge in [0.15, 0.2) is 0 Å². The van der Waals surface area contributed by atoms with Gasteiger partial charge in [-0.05, 0) is 25.5 Å². The molecule has 0 spiro atoms. The number of benzene rings is 1. The first-order valence-corrected chi connectivity index (χ1v) is 12.1. The maximum atomic E-state index is 11.0. The summed E-state index contributed by atoms with van der Waals surface area (Å²) in [5.74, 6) is 0. The van der Waals surface area contributed by atoms with E-state index in [4.69, 9.17) is 15.8 Å². The van der Waals surface area contributed by atoms with Crippen molar-refractivity contribution in [1.82, 2.24) is 0 Å². The predicted octanol–water partition coefficient (Wildman–Crippen LogP) is 5.68. The number of rotatable bonds is 10. The summed E-state index contributed by atoms with van der Waals surface area (Å²) < 4.78 is 5.74. The van der Waals surface area contributed by atoms with Crippen LogP contribution in [0.25, 0.3) is 0 Å². The molecule has 1 aromatic rings. The van der Waals surface area contributed by atoms with Gasteiger partial charge in [-0.15, -0.1) is 0 Å². The molecule has 0 aliphatic rings. The molecule has 1 unspecified atom stereocenters. The lowest BCUT2D eigenvalue weighted by atomic mass is 10.1. The van der Waals surface area contributed by atoms with Crippen LogP contribution in [-0.4, -0.2) is 18.9 Å². The molecule has 0 aromatic heterocycles. The summed E-state index contributed by atoms with van der Waals surface area (Å²) in [5, 5.41) is 11.0. The van der Waals surface area contributed by atoms with Crippen molar-refractivity contribution in [2.75, 3.05) is 6.61 Å². The van der Waals surface area contributed by atoms with Crippen molar-refractivity contribution in [1.29, 1.82) is 0 Å². The van der Waals surface area contributed by atoms with E-state index in [9.17, 15) is 10.1 Å². The fourth-order valence-electron chi connectivity index (χ4n) is 2.35. The van der Waals surface area contributed by atoms with Gasteiger partial charge in [0.2, 0.25) is 0 Å². The molecule has 0 radical (unpaired) electrons. The second-order valence-electron chi connectivity index (χ2n) is 6.21. The zero-order valence-corrected chi connectivity index (χ0v) is 15.4. The third kappa shape index (κ3) is 7.38. The van der Waals surface area contributed by atoms with Gasteiger partial charge in [0, 0.05) is 12.7 Å². The van der Waals surface area contributed by atoms with Gasteiger partial charge < -0.3 is 4.74 Å². The van der Waals surface area contributed by atoms with Crippen LogP contribution in [0, 0.1) is 10.1 Å². The summed E-state index contributed by atoms with van der Waals surface area (Å²) in [6, 6.07) is 7.92. The SMILES string of the molecule is CC(OCCCCCC[Si](C)(C)Cl)c1ccccc1[N+](=O)[O-]. The molecule has 6 heteroatoms. The van der Waals surface area contributed by atoms with Gasteiger partial charge in [-0.25, -0.2) is 0 Å². The van der Waals surface area contributed by atoms with Crippen LogP contribution < -0.4 is 0 Å². The maximum Gasteiger partial charge on any atom is 0.275 e. The number of hydrogen-bond donors (Lipinski definition) is 0. The van der Waals surface area contributed by atoms with Crippen molar-refractivity contribution < 1.29 is 9.66 Å². The first-order chi connectivity index (χ1) is 10.3. The highest BCUT2D eigenvalue weighted by atomic mass is 35.6. The standard InChI is InChI=1S/C16H26ClNO3Si/c1-14(15-10-6-7-11-16(15)18(19)20)21-12-8-4-5-9-13-22(2,3)17/h6-7,10-11,14H,4-5,8-9,12-13H2,1-3H3. The van der Waals surface area contributed by atoms with Crippen LogP contribution in [0.15, 0.2) is 24.3 Å². The topological polar surface area (TPSA) is 52.4 Å². The van der Waals surface area contributed by atoms with Gasteiger partial charge in [-0.1, -0.05) is 44.5 Å². The van der Waals surface area contributed by atoms with Crippen molar-refractivity contribution in [2.45, 2.75) is 57.8 Å². The first-order valence-electron chi connectivity index (χ1n) is 7.85. The molecule has 124 valence electrons. The summed E-state index contributed by atoms with van der Waals surface area (Å²) in [4.78, 5) is 10.6. The molecular weight excluding hydrogens is 318 g/mol. The number of nitro groups is 1. The van der Waals surface area contributed by atoms with E-state index in [0.717, 1.165) is 18.9 Å². The van der Waals surface area contributed by atoms with Crippen LogP contribution in [0.2, 0.25) is 19.1 Å². The van der Waals surface area contributed by atoms with E-state index in [2.05, 4.69) is 13.1 Å². The number of nitro benzene ring substituents is 1. The minimum atomic E-state index is -1.43. The van der Waals surface area contributed by atoms with Crippen LogP contribution in [0.1, 0.15) is 44.3 Å². The number of unbranched alkanes of at least 4 members (excludes halogenated alkanes) is 3. The molecule has 0 N–H and O–H groups in total. The fourth-order valence-corrected chi connectivity index (χ4v) is 3.84. The maximum absolute atomic E-state index is 11.0. The van der Waals surface area contributed by atoms with E-state index in [1.165, 1.54) is 18.9 Å². The van der Waals surface area contributed by atoms with Gasteiger partial charge in [-0.2, -0.15) is 11.1 Å². The number of nitrogens with zero attached hydrogens (tertiary/aromatic N) is 1. The molecule has 0 bridgehead atoms. The quantitative estimate of drug-likeness (QED) is 0.180. The second kappa shape index (κ2) is 9.28. The zero-order chi connectivity index (χ0) is 16.6. The van der Waals surface area contributed by atoms with Crippen molar-refractivity contribution in [3.63, 3.8) is 0 Å². The van der Waals surface area contributed by atoms with Gasteiger partial charge >= 0.3 is 0 Å². The lowest BCUT2D eigenvalue weighted by Gasteiger charge is -2.14.